The van der Waals surface area contributed by atoms with Crippen LogP contribution in [0.2, 0.25) is 0 Å². The first-order chi connectivity index (χ1) is 15.4. The maximum atomic E-state index is 14.9. The topological polar surface area (TPSA) is 113 Å². The number of H-pyrrole nitrogens is 1. The minimum Gasteiger partial charge on any atom is -0.368 e. The zero-order chi connectivity index (χ0) is 22.4. The number of hydrogen-bond donors (Lipinski definition) is 2. The van der Waals surface area contributed by atoms with E-state index in [0.29, 0.717) is 17.6 Å². The van der Waals surface area contributed by atoms with Gasteiger partial charge in [-0.3, -0.25) is 14.5 Å². The number of anilines is 1. The second kappa shape index (κ2) is 7.72. The molecule has 4 heterocycles. The monoisotopic (exact) mass is 435 g/mol. The summed E-state index contributed by atoms with van der Waals surface area (Å²) in [6.45, 7) is 5.55. The van der Waals surface area contributed by atoms with Crippen LogP contribution in [0.15, 0.2) is 41.3 Å². The Kier molecular flexibility index (Phi) is 4.86. The third-order valence-corrected chi connectivity index (χ3v) is 5.89. The number of aryl methyl sites for hydroxylation is 1. The van der Waals surface area contributed by atoms with Gasteiger partial charge in [-0.15, -0.1) is 0 Å². The zero-order valence-electron chi connectivity index (χ0n) is 17.5. The molecule has 1 aliphatic rings. The number of nitrogens with zero attached hydrogens (tertiary/aromatic N) is 5. The van der Waals surface area contributed by atoms with Crippen LogP contribution in [-0.2, 0) is 6.54 Å². The summed E-state index contributed by atoms with van der Waals surface area (Å²) < 4.78 is 16.2. The molecule has 32 heavy (non-hydrogen) atoms. The van der Waals surface area contributed by atoms with Crippen LogP contribution >= 0.6 is 0 Å². The summed E-state index contributed by atoms with van der Waals surface area (Å²) in [4.78, 5) is 35.1. The summed E-state index contributed by atoms with van der Waals surface area (Å²) in [5.41, 5.74) is 8.80. The Morgan fingerprint density at radius 2 is 1.97 bits per heavy atom. The van der Waals surface area contributed by atoms with Crippen LogP contribution in [0.3, 0.4) is 0 Å². The van der Waals surface area contributed by atoms with Crippen molar-refractivity contribution in [1.82, 2.24) is 24.5 Å². The molecule has 0 bridgehead atoms. The van der Waals surface area contributed by atoms with Crippen LogP contribution in [0.1, 0.15) is 21.7 Å². The Morgan fingerprint density at radius 1 is 1.19 bits per heavy atom. The van der Waals surface area contributed by atoms with Gasteiger partial charge in [0.15, 0.2) is 5.82 Å². The summed E-state index contributed by atoms with van der Waals surface area (Å²) in [6, 6.07) is 8.40. The molecule has 0 aliphatic carbocycles. The molecule has 1 amide bonds. The molecule has 164 valence electrons. The number of primary amides is 1. The molecule has 1 aliphatic heterocycles. The highest BCUT2D eigenvalue weighted by Crippen LogP contribution is 2.23. The highest BCUT2D eigenvalue weighted by molar-refractivity contribution is 5.91. The van der Waals surface area contributed by atoms with E-state index < -0.39 is 11.7 Å². The molecule has 1 aromatic carbocycles. The van der Waals surface area contributed by atoms with Gasteiger partial charge < -0.3 is 15.6 Å². The maximum absolute atomic E-state index is 14.9. The average Bonchev–Trinajstić information content (AvgIpc) is 3.24. The van der Waals surface area contributed by atoms with Crippen molar-refractivity contribution in [2.45, 2.75) is 13.5 Å². The van der Waals surface area contributed by atoms with Crippen molar-refractivity contribution in [1.29, 1.82) is 0 Å². The molecule has 0 radical (unpaired) electrons. The van der Waals surface area contributed by atoms with E-state index in [1.54, 1.807) is 12.1 Å². The van der Waals surface area contributed by atoms with Gasteiger partial charge in [-0.2, -0.15) is 5.10 Å². The molecule has 4 aromatic rings. The van der Waals surface area contributed by atoms with Gasteiger partial charge in [0, 0.05) is 32.7 Å². The quantitative estimate of drug-likeness (QED) is 0.502. The van der Waals surface area contributed by atoms with Gasteiger partial charge in [0.05, 0.1) is 23.1 Å². The number of halogens is 1. The first-order valence-corrected chi connectivity index (χ1v) is 10.3. The Labute approximate surface area is 182 Å². The van der Waals surface area contributed by atoms with E-state index in [-0.39, 0.29) is 16.8 Å². The van der Waals surface area contributed by atoms with E-state index in [0.717, 1.165) is 43.1 Å². The SMILES string of the molecule is Cc1nc(C(N)=O)ccc1N1CCN(Cc2cc(F)c3c(c2)[nH]c(=O)c2ccnn23)CC1. The number of carbonyl (C=O) groups is 1. The molecule has 3 aromatic heterocycles. The van der Waals surface area contributed by atoms with Crippen LogP contribution in [0.4, 0.5) is 10.1 Å². The Balaban J connectivity index is 1.32. The van der Waals surface area contributed by atoms with Crippen molar-refractivity contribution in [3.05, 3.63) is 69.7 Å². The van der Waals surface area contributed by atoms with Crippen molar-refractivity contribution in [3.63, 3.8) is 0 Å². The van der Waals surface area contributed by atoms with Gasteiger partial charge in [-0.1, -0.05) is 0 Å². The Bertz CT molecular complexity index is 1400. The van der Waals surface area contributed by atoms with Gasteiger partial charge in [0.25, 0.3) is 11.5 Å². The summed E-state index contributed by atoms with van der Waals surface area (Å²) in [5, 5.41) is 4.08. The molecule has 0 saturated carbocycles. The number of aromatic nitrogens is 4. The summed E-state index contributed by atoms with van der Waals surface area (Å²) >= 11 is 0. The van der Waals surface area contributed by atoms with E-state index in [2.05, 4.69) is 24.9 Å². The fourth-order valence-corrected chi connectivity index (χ4v) is 4.33. The van der Waals surface area contributed by atoms with E-state index in [9.17, 15) is 14.0 Å². The number of benzene rings is 1. The maximum Gasteiger partial charge on any atom is 0.274 e. The summed E-state index contributed by atoms with van der Waals surface area (Å²) in [5.74, 6) is -0.959. The van der Waals surface area contributed by atoms with E-state index >= 15 is 0 Å². The van der Waals surface area contributed by atoms with Crippen molar-refractivity contribution >= 4 is 28.1 Å². The number of hydrogen-bond acceptors (Lipinski definition) is 6. The van der Waals surface area contributed by atoms with Crippen molar-refractivity contribution < 1.29 is 9.18 Å². The first-order valence-electron chi connectivity index (χ1n) is 10.3. The van der Waals surface area contributed by atoms with Crippen LogP contribution in [0.25, 0.3) is 16.6 Å². The number of pyridine rings is 1. The van der Waals surface area contributed by atoms with Crippen LogP contribution in [0, 0.1) is 12.7 Å². The number of piperazine rings is 1. The number of aromatic amines is 1. The number of nitrogens with one attached hydrogen (secondary N) is 1. The number of amides is 1. The molecule has 9 nitrogen and oxygen atoms in total. The molecular weight excluding hydrogens is 413 g/mol. The molecule has 0 unspecified atom stereocenters. The number of nitrogens with two attached hydrogens (primary N) is 1. The summed E-state index contributed by atoms with van der Waals surface area (Å²) in [7, 11) is 0. The smallest absolute Gasteiger partial charge is 0.274 e. The second-order valence-corrected chi connectivity index (χ2v) is 7.98. The van der Waals surface area contributed by atoms with Gasteiger partial charge in [-0.05, 0) is 42.8 Å². The van der Waals surface area contributed by atoms with E-state index in [1.807, 2.05) is 19.1 Å². The van der Waals surface area contributed by atoms with Crippen molar-refractivity contribution in [2.75, 3.05) is 31.1 Å². The standard InChI is InChI=1S/C22H22FN7O2/c1-13-18(3-2-16(26-13)21(24)31)29-8-6-28(7-9-29)12-14-10-15(23)20-17(11-14)27-22(32)19-4-5-25-30(19)20/h2-5,10-11H,6-9,12H2,1H3,(H2,24,31)(H,27,32). The number of carbonyl (C=O) groups excluding carboxylic acids is 1. The van der Waals surface area contributed by atoms with Crippen LogP contribution in [-0.4, -0.2) is 56.6 Å². The van der Waals surface area contributed by atoms with E-state index in [1.165, 1.54) is 16.8 Å². The van der Waals surface area contributed by atoms with Gasteiger partial charge >= 0.3 is 0 Å². The highest BCUT2D eigenvalue weighted by Gasteiger charge is 2.20. The predicted octanol–water partition coefficient (Wildman–Crippen LogP) is 1.44. The molecule has 1 saturated heterocycles. The minimum absolute atomic E-state index is 0.258. The molecule has 1 fully saturated rings. The zero-order valence-corrected chi connectivity index (χ0v) is 17.5. The highest BCUT2D eigenvalue weighted by atomic mass is 19.1. The Hall–Kier alpha value is -3.79. The lowest BCUT2D eigenvalue weighted by atomic mass is 10.1. The number of rotatable bonds is 4. The lowest BCUT2D eigenvalue weighted by Gasteiger charge is -2.36. The molecular formula is C22H22FN7O2. The Morgan fingerprint density at radius 3 is 2.69 bits per heavy atom. The van der Waals surface area contributed by atoms with Gasteiger partial charge in [0.2, 0.25) is 0 Å². The van der Waals surface area contributed by atoms with Gasteiger partial charge in [-0.25, -0.2) is 13.9 Å². The molecule has 0 atom stereocenters. The second-order valence-electron chi connectivity index (χ2n) is 7.98. The number of fused-ring (bicyclic) bond motifs is 3. The third-order valence-electron chi connectivity index (χ3n) is 5.89. The fourth-order valence-electron chi connectivity index (χ4n) is 4.33. The van der Waals surface area contributed by atoms with Crippen LogP contribution < -0.4 is 16.2 Å². The lowest BCUT2D eigenvalue weighted by molar-refractivity contribution is 0.0995. The molecule has 0 spiro atoms. The fraction of sp³-hybridized carbons (Fsp3) is 0.273. The summed E-state index contributed by atoms with van der Waals surface area (Å²) in [6.07, 6.45) is 1.48. The minimum atomic E-state index is -0.540. The average molecular weight is 435 g/mol. The van der Waals surface area contributed by atoms with Crippen LogP contribution in [0.5, 0.6) is 0 Å². The lowest BCUT2D eigenvalue weighted by Crippen LogP contribution is -2.46. The van der Waals surface area contributed by atoms with Crippen molar-refractivity contribution in [2.24, 2.45) is 5.73 Å². The van der Waals surface area contributed by atoms with Crippen molar-refractivity contribution in [3.8, 4) is 0 Å². The van der Waals surface area contributed by atoms with E-state index in [4.69, 9.17) is 5.73 Å². The molecule has 10 heteroatoms. The first kappa shape index (κ1) is 20.1. The normalized spacial score (nSPS) is 15.0. The van der Waals surface area contributed by atoms with Gasteiger partial charge in [0.1, 0.15) is 16.7 Å². The molecule has 3 N–H and O–H groups in total. The third kappa shape index (κ3) is 3.48. The molecule has 5 rings (SSSR count). The predicted molar refractivity (Wildman–Crippen MR) is 118 cm³/mol. The largest absolute Gasteiger partial charge is 0.368 e.